The zero-order chi connectivity index (χ0) is 25.7. The van der Waals surface area contributed by atoms with Crippen LogP contribution in [0.25, 0.3) is 11.1 Å². The number of rotatable bonds is 8. The zero-order valence-electron chi connectivity index (χ0n) is 21.4. The van der Waals surface area contributed by atoms with Crippen molar-refractivity contribution in [3.8, 4) is 22.8 Å². The summed E-state index contributed by atoms with van der Waals surface area (Å²) in [4.78, 5) is 22.2. The first-order chi connectivity index (χ1) is 17.4. The molecule has 1 aromatic heterocycles. The van der Waals surface area contributed by atoms with Crippen molar-refractivity contribution in [2.75, 3.05) is 33.9 Å². The molecule has 0 bridgehead atoms. The van der Waals surface area contributed by atoms with Crippen molar-refractivity contribution in [1.82, 2.24) is 14.8 Å². The molecule has 0 saturated carbocycles. The zero-order valence-corrected chi connectivity index (χ0v) is 21.4. The Kier molecular flexibility index (Phi) is 8.23. The van der Waals surface area contributed by atoms with Gasteiger partial charge in [-0.25, -0.2) is 4.98 Å². The van der Waals surface area contributed by atoms with Crippen LogP contribution in [0.1, 0.15) is 29.8 Å². The number of likely N-dealkylation sites (N-methyl/N-ethyl adjacent to an activating group) is 1. The van der Waals surface area contributed by atoms with Crippen molar-refractivity contribution in [2.45, 2.75) is 32.5 Å². The molecule has 0 saturated heterocycles. The summed E-state index contributed by atoms with van der Waals surface area (Å²) in [6, 6.07) is 19.5. The summed E-state index contributed by atoms with van der Waals surface area (Å²) in [5, 5.41) is 9.90. The predicted molar refractivity (Wildman–Crippen MR) is 140 cm³/mol. The second-order valence-corrected chi connectivity index (χ2v) is 9.61. The van der Waals surface area contributed by atoms with Gasteiger partial charge in [0.1, 0.15) is 17.4 Å². The van der Waals surface area contributed by atoms with Gasteiger partial charge in [0.15, 0.2) is 0 Å². The smallest absolute Gasteiger partial charge is 0.259 e. The number of pyridine rings is 1. The van der Waals surface area contributed by atoms with E-state index in [2.05, 4.69) is 36.0 Å². The SMILES string of the molecule is COc1cccc(-c2cnc3c(c2)C(=O)N([C@@H](C)CO)C[C@@H](C)[C@H](CN(C)Cc2ccccc2)O3)c1. The van der Waals surface area contributed by atoms with Gasteiger partial charge in [0.2, 0.25) is 5.88 Å². The Balaban J connectivity index is 1.66. The maximum atomic E-state index is 13.7. The number of nitrogens with zero attached hydrogens (tertiary/aromatic N) is 3. The highest BCUT2D eigenvalue weighted by atomic mass is 16.5. The summed E-state index contributed by atoms with van der Waals surface area (Å²) in [7, 11) is 3.70. The lowest BCUT2D eigenvalue weighted by atomic mass is 9.99. The lowest BCUT2D eigenvalue weighted by Gasteiger charge is -2.37. The second-order valence-electron chi connectivity index (χ2n) is 9.61. The molecule has 0 spiro atoms. The van der Waals surface area contributed by atoms with Gasteiger partial charge in [-0.05, 0) is 43.3 Å². The summed E-state index contributed by atoms with van der Waals surface area (Å²) in [5.41, 5.74) is 3.32. The van der Waals surface area contributed by atoms with E-state index in [9.17, 15) is 9.90 Å². The van der Waals surface area contributed by atoms with Gasteiger partial charge in [-0.1, -0.05) is 49.4 Å². The Labute approximate surface area is 213 Å². The number of methoxy groups -OCH3 is 1. The third-order valence-corrected chi connectivity index (χ3v) is 6.71. The van der Waals surface area contributed by atoms with Gasteiger partial charge in [0.05, 0.1) is 19.8 Å². The quantitative estimate of drug-likeness (QED) is 0.513. The molecule has 7 nitrogen and oxygen atoms in total. The normalized spacial score (nSPS) is 18.7. The summed E-state index contributed by atoms with van der Waals surface area (Å²) in [5.74, 6) is 0.903. The molecule has 1 aliphatic rings. The maximum absolute atomic E-state index is 13.7. The van der Waals surface area contributed by atoms with E-state index in [4.69, 9.17) is 9.47 Å². The highest BCUT2D eigenvalue weighted by molar-refractivity contribution is 5.98. The molecular weight excluding hydrogens is 454 g/mol. The third-order valence-electron chi connectivity index (χ3n) is 6.71. The van der Waals surface area contributed by atoms with Crippen molar-refractivity contribution < 1.29 is 19.4 Å². The Bertz CT molecular complexity index is 1170. The predicted octanol–water partition coefficient (Wildman–Crippen LogP) is 4.11. The first-order valence-electron chi connectivity index (χ1n) is 12.3. The van der Waals surface area contributed by atoms with Gasteiger partial charge < -0.3 is 19.5 Å². The molecule has 2 aromatic carbocycles. The van der Waals surface area contributed by atoms with Crippen molar-refractivity contribution in [3.05, 3.63) is 78.0 Å². The molecule has 0 radical (unpaired) electrons. The van der Waals surface area contributed by atoms with E-state index in [1.807, 2.05) is 55.5 Å². The van der Waals surface area contributed by atoms with E-state index in [1.54, 1.807) is 18.2 Å². The molecule has 2 heterocycles. The van der Waals surface area contributed by atoms with Crippen LogP contribution in [0.5, 0.6) is 11.6 Å². The minimum atomic E-state index is -0.325. The number of hydrogen-bond acceptors (Lipinski definition) is 6. The van der Waals surface area contributed by atoms with Gasteiger partial charge in [-0.2, -0.15) is 0 Å². The topological polar surface area (TPSA) is 75.1 Å². The number of aromatic nitrogens is 1. The van der Waals surface area contributed by atoms with Crippen molar-refractivity contribution >= 4 is 5.91 Å². The van der Waals surface area contributed by atoms with E-state index in [1.165, 1.54) is 5.56 Å². The lowest BCUT2D eigenvalue weighted by Crippen LogP contribution is -2.49. The van der Waals surface area contributed by atoms with Crippen LogP contribution < -0.4 is 9.47 Å². The Morgan fingerprint density at radius 2 is 1.94 bits per heavy atom. The van der Waals surface area contributed by atoms with Crippen LogP contribution in [0, 0.1) is 5.92 Å². The number of carbonyl (C=O) groups is 1. The van der Waals surface area contributed by atoms with Gasteiger partial charge in [-0.3, -0.25) is 9.69 Å². The van der Waals surface area contributed by atoms with Crippen LogP contribution in [0.15, 0.2) is 66.9 Å². The minimum absolute atomic E-state index is 0.0363. The number of amides is 1. The van der Waals surface area contributed by atoms with Gasteiger partial charge in [0, 0.05) is 37.3 Å². The van der Waals surface area contributed by atoms with Crippen molar-refractivity contribution in [1.29, 1.82) is 0 Å². The van der Waals surface area contributed by atoms with Crippen LogP contribution >= 0.6 is 0 Å². The Morgan fingerprint density at radius 3 is 2.67 bits per heavy atom. The molecule has 190 valence electrons. The number of aliphatic hydroxyl groups is 1. The molecule has 4 rings (SSSR count). The van der Waals surface area contributed by atoms with E-state index in [0.717, 1.165) is 23.4 Å². The molecule has 1 N–H and O–H groups in total. The van der Waals surface area contributed by atoms with E-state index >= 15 is 0 Å². The fraction of sp³-hybridized carbons (Fsp3) is 0.379. The standard InChI is InChI=1S/C29H35N3O4/c1-20-16-32(21(2)19-33)29(34)26-14-24(23-11-8-12-25(13-23)35-4)15-30-28(26)36-27(20)18-31(3)17-22-9-6-5-7-10-22/h5-15,20-21,27,33H,16-19H2,1-4H3/t20-,21+,27+/m1/s1. The summed E-state index contributed by atoms with van der Waals surface area (Å²) >= 11 is 0. The molecule has 1 amide bonds. The average Bonchev–Trinajstić information content (AvgIpc) is 2.90. The number of benzene rings is 2. The first-order valence-corrected chi connectivity index (χ1v) is 12.3. The first kappa shape index (κ1) is 25.7. The molecular formula is C29H35N3O4. The monoisotopic (exact) mass is 489 g/mol. The van der Waals surface area contributed by atoms with Crippen LogP contribution in [0.3, 0.4) is 0 Å². The van der Waals surface area contributed by atoms with E-state index in [-0.39, 0.29) is 30.6 Å². The number of fused-ring (bicyclic) bond motifs is 1. The number of hydrogen-bond donors (Lipinski definition) is 1. The molecule has 3 atom stereocenters. The third kappa shape index (κ3) is 5.86. The second kappa shape index (κ2) is 11.5. The van der Waals surface area contributed by atoms with Crippen LogP contribution in [0.2, 0.25) is 0 Å². The fourth-order valence-electron chi connectivity index (χ4n) is 4.55. The largest absolute Gasteiger partial charge is 0.497 e. The van der Waals surface area contributed by atoms with E-state index < -0.39 is 0 Å². The number of ether oxygens (including phenoxy) is 2. The van der Waals surface area contributed by atoms with E-state index in [0.29, 0.717) is 24.5 Å². The summed E-state index contributed by atoms with van der Waals surface area (Å²) in [6.07, 6.45) is 1.55. The highest BCUT2D eigenvalue weighted by Gasteiger charge is 2.34. The molecule has 0 unspecified atom stereocenters. The molecule has 7 heteroatoms. The summed E-state index contributed by atoms with van der Waals surface area (Å²) < 4.78 is 11.8. The summed E-state index contributed by atoms with van der Waals surface area (Å²) in [6.45, 7) is 5.77. The minimum Gasteiger partial charge on any atom is -0.497 e. The molecule has 36 heavy (non-hydrogen) atoms. The lowest BCUT2D eigenvalue weighted by molar-refractivity contribution is 0.0325. The van der Waals surface area contributed by atoms with Crippen LogP contribution in [-0.4, -0.2) is 71.8 Å². The van der Waals surface area contributed by atoms with Gasteiger partial charge in [-0.15, -0.1) is 0 Å². The molecule has 1 aliphatic heterocycles. The average molecular weight is 490 g/mol. The van der Waals surface area contributed by atoms with Crippen molar-refractivity contribution in [3.63, 3.8) is 0 Å². The van der Waals surface area contributed by atoms with Gasteiger partial charge >= 0.3 is 0 Å². The van der Waals surface area contributed by atoms with Crippen molar-refractivity contribution in [2.24, 2.45) is 5.92 Å². The highest BCUT2D eigenvalue weighted by Crippen LogP contribution is 2.31. The number of carbonyl (C=O) groups excluding carboxylic acids is 1. The maximum Gasteiger partial charge on any atom is 0.259 e. The Hall–Kier alpha value is -3.42. The van der Waals surface area contributed by atoms with Gasteiger partial charge in [0.25, 0.3) is 5.91 Å². The molecule has 0 fully saturated rings. The number of aliphatic hydroxyl groups excluding tert-OH is 1. The van der Waals surface area contributed by atoms with Crippen LogP contribution in [0.4, 0.5) is 0 Å². The van der Waals surface area contributed by atoms with Crippen LogP contribution in [-0.2, 0) is 6.54 Å². The fourth-order valence-corrected chi connectivity index (χ4v) is 4.55. The molecule has 0 aliphatic carbocycles. The molecule has 3 aromatic rings. The Morgan fingerprint density at radius 1 is 1.17 bits per heavy atom.